The van der Waals surface area contributed by atoms with Crippen LogP contribution < -0.4 is 5.32 Å². The number of nitrogens with one attached hydrogen (secondary N) is 1. The lowest BCUT2D eigenvalue weighted by atomic mass is 9.88. The number of thiol groups is 2. The van der Waals surface area contributed by atoms with Gasteiger partial charge >= 0.3 is 17.9 Å². The van der Waals surface area contributed by atoms with Gasteiger partial charge in [0.05, 0.1) is 24.7 Å². The summed E-state index contributed by atoms with van der Waals surface area (Å²) in [5, 5.41) is 2.21. The number of hydrogen-bond donors (Lipinski definition) is 3. The van der Waals surface area contributed by atoms with Gasteiger partial charge in [0.25, 0.3) is 5.24 Å². The second kappa shape index (κ2) is 15.8. The Kier molecular flexibility index (Phi) is 15.2. The standard InChI is InChI=1S/C17H29NO7S3/c1-3-17(10-23-13(19)4-7-26,11-24-14(20)5-8-27)12-25-15(21)6-9-28-16(22)18-2/h26-27H,3-12H2,1-2H3,(H,18,22). The van der Waals surface area contributed by atoms with E-state index in [9.17, 15) is 19.2 Å². The van der Waals surface area contributed by atoms with Gasteiger partial charge in [-0.1, -0.05) is 18.7 Å². The molecule has 1 N–H and O–H groups in total. The van der Waals surface area contributed by atoms with Crippen molar-refractivity contribution in [2.24, 2.45) is 5.41 Å². The summed E-state index contributed by atoms with van der Waals surface area (Å²) in [7, 11) is 1.51. The molecule has 1 amide bonds. The van der Waals surface area contributed by atoms with Crippen molar-refractivity contribution in [2.45, 2.75) is 32.6 Å². The second-order valence-electron chi connectivity index (χ2n) is 5.92. The van der Waals surface area contributed by atoms with Crippen molar-refractivity contribution in [3.05, 3.63) is 0 Å². The molecule has 0 aliphatic carbocycles. The highest BCUT2D eigenvalue weighted by Gasteiger charge is 2.34. The van der Waals surface area contributed by atoms with E-state index in [2.05, 4.69) is 30.6 Å². The monoisotopic (exact) mass is 455 g/mol. The number of esters is 3. The molecule has 0 aromatic rings. The van der Waals surface area contributed by atoms with E-state index in [4.69, 9.17) is 14.2 Å². The Balaban J connectivity index is 4.78. The second-order valence-corrected chi connectivity index (χ2v) is 7.88. The van der Waals surface area contributed by atoms with E-state index in [1.54, 1.807) is 0 Å². The summed E-state index contributed by atoms with van der Waals surface area (Å²) in [6, 6.07) is 0. The maximum absolute atomic E-state index is 12.0. The van der Waals surface area contributed by atoms with E-state index in [1.165, 1.54) is 7.05 Å². The predicted molar refractivity (Wildman–Crippen MR) is 114 cm³/mol. The van der Waals surface area contributed by atoms with Crippen LogP contribution in [0.3, 0.4) is 0 Å². The Morgan fingerprint density at radius 2 is 1.29 bits per heavy atom. The Labute approximate surface area is 181 Å². The van der Waals surface area contributed by atoms with Crippen LogP contribution in [0.25, 0.3) is 0 Å². The van der Waals surface area contributed by atoms with Crippen molar-refractivity contribution >= 4 is 60.2 Å². The highest BCUT2D eigenvalue weighted by Crippen LogP contribution is 2.25. The van der Waals surface area contributed by atoms with Crippen LogP contribution in [0.1, 0.15) is 32.6 Å². The molecule has 0 atom stereocenters. The topological polar surface area (TPSA) is 108 Å². The van der Waals surface area contributed by atoms with Gasteiger partial charge in [0.2, 0.25) is 0 Å². The summed E-state index contributed by atoms with van der Waals surface area (Å²) in [6.45, 7) is 1.65. The number of ether oxygens (including phenoxy) is 3. The molecule has 0 unspecified atom stereocenters. The highest BCUT2D eigenvalue weighted by molar-refractivity contribution is 8.13. The number of hydrogen-bond acceptors (Lipinski definition) is 10. The third-order valence-electron chi connectivity index (χ3n) is 3.74. The third-order valence-corrected chi connectivity index (χ3v) is 5.07. The zero-order valence-electron chi connectivity index (χ0n) is 16.2. The molecule has 0 aliphatic heterocycles. The van der Waals surface area contributed by atoms with Crippen LogP contribution in [-0.2, 0) is 28.6 Å². The molecule has 0 spiro atoms. The smallest absolute Gasteiger partial charge is 0.306 e. The fourth-order valence-corrected chi connectivity index (χ4v) is 2.79. The molecule has 0 fully saturated rings. The van der Waals surface area contributed by atoms with Crippen molar-refractivity contribution in [1.29, 1.82) is 0 Å². The molecule has 0 rings (SSSR count). The third kappa shape index (κ3) is 12.4. The number of rotatable bonds is 14. The van der Waals surface area contributed by atoms with Crippen molar-refractivity contribution in [3.8, 4) is 0 Å². The maximum atomic E-state index is 12.0. The van der Waals surface area contributed by atoms with Crippen molar-refractivity contribution < 1.29 is 33.4 Å². The first-order valence-electron chi connectivity index (χ1n) is 8.85. The van der Waals surface area contributed by atoms with E-state index in [0.717, 1.165) is 11.8 Å². The number of amides is 1. The molecular weight excluding hydrogens is 426 g/mol. The van der Waals surface area contributed by atoms with Gasteiger partial charge in [-0.05, 0) is 6.42 Å². The van der Waals surface area contributed by atoms with Gasteiger partial charge in [-0.2, -0.15) is 25.3 Å². The lowest BCUT2D eigenvalue weighted by Crippen LogP contribution is -2.39. The summed E-state index contributed by atoms with van der Waals surface area (Å²) >= 11 is 8.95. The molecule has 0 aromatic heterocycles. The van der Waals surface area contributed by atoms with Crippen molar-refractivity contribution in [3.63, 3.8) is 0 Å². The molecule has 0 heterocycles. The molecule has 11 heteroatoms. The van der Waals surface area contributed by atoms with Gasteiger partial charge in [0.1, 0.15) is 19.8 Å². The van der Waals surface area contributed by atoms with Crippen LogP contribution in [0, 0.1) is 5.41 Å². The van der Waals surface area contributed by atoms with Gasteiger partial charge in [0.15, 0.2) is 0 Å². The first-order chi connectivity index (χ1) is 13.3. The molecule has 0 aliphatic rings. The lowest BCUT2D eigenvalue weighted by Gasteiger charge is -2.31. The fourth-order valence-electron chi connectivity index (χ4n) is 1.83. The van der Waals surface area contributed by atoms with Crippen LogP contribution in [0.4, 0.5) is 4.79 Å². The van der Waals surface area contributed by atoms with E-state index in [-0.39, 0.29) is 50.1 Å². The van der Waals surface area contributed by atoms with Crippen LogP contribution in [0.5, 0.6) is 0 Å². The zero-order valence-corrected chi connectivity index (χ0v) is 18.8. The molecule has 0 saturated heterocycles. The summed E-state index contributed by atoms with van der Waals surface area (Å²) in [5.74, 6) is -0.353. The minimum absolute atomic E-state index is 0.0511. The predicted octanol–water partition coefficient (Wildman–Crippen LogP) is 2.11. The fraction of sp³-hybridized carbons (Fsp3) is 0.765. The van der Waals surface area contributed by atoms with E-state index >= 15 is 0 Å². The minimum Gasteiger partial charge on any atom is -0.465 e. The van der Waals surface area contributed by atoms with Gasteiger partial charge in [-0.15, -0.1) is 0 Å². The zero-order chi connectivity index (χ0) is 21.4. The summed E-state index contributed by atoms with van der Waals surface area (Å²) in [6.07, 6.45) is 0.810. The van der Waals surface area contributed by atoms with Gasteiger partial charge < -0.3 is 19.5 Å². The van der Waals surface area contributed by atoms with Crippen molar-refractivity contribution in [2.75, 3.05) is 44.1 Å². The van der Waals surface area contributed by atoms with Crippen LogP contribution >= 0.6 is 37.0 Å². The summed E-state index contributed by atoms with van der Waals surface area (Å²) < 4.78 is 15.8. The molecule has 162 valence electrons. The number of carbonyl (C=O) groups excluding carboxylic acids is 4. The Bertz CT molecular complexity index is 495. The molecular formula is C17H29NO7S3. The first kappa shape index (κ1) is 26.9. The van der Waals surface area contributed by atoms with Gasteiger partial charge in [-0.25, -0.2) is 0 Å². The Hall–Kier alpha value is -1.07. The quantitative estimate of drug-likeness (QED) is 0.208. The van der Waals surface area contributed by atoms with Crippen LogP contribution in [0.15, 0.2) is 0 Å². The Morgan fingerprint density at radius 3 is 1.64 bits per heavy atom. The van der Waals surface area contributed by atoms with Gasteiger partial charge in [-0.3, -0.25) is 19.2 Å². The highest BCUT2D eigenvalue weighted by atomic mass is 32.2. The SMILES string of the molecule is CCC(COC(=O)CCS)(COC(=O)CCS)COC(=O)CCSC(=O)NC. The van der Waals surface area contributed by atoms with E-state index < -0.39 is 23.3 Å². The van der Waals surface area contributed by atoms with Gasteiger partial charge in [0, 0.05) is 24.3 Å². The minimum atomic E-state index is -0.845. The molecule has 0 radical (unpaired) electrons. The molecule has 0 bridgehead atoms. The number of carbonyl (C=O) groups is 4. The van der Waals surface area contributed by atoms with Crippen LogP contribution in [-0.4, -0.2) is 67.3 Å². The normalized spacial score (nSPS) is 10.9. The van der Waals surface area contributed by atoms with E-state index in [1.807, 2.05) is 6.92 Å². The van der Waals surface area contributed by atoms with E-state index in [0.29, 0.717) is 17.9 Å². The van der Waals surface area contributed by atoms with Crippen molar-refractivity contribution in [1.82, 2.24) is 5.32 Å². The largest absolute Gasteiger partial charge is 0.465 e. The summed E-state index contributed by atoms with van der Waals surface area (Å²) in [5.41, 5.74) is -0.845. The molecule has 8 nitrogen and oxygen atoms in total. The lowest BCUT2D eigenvalue weighted by molar-refractivity contribution is -0.161. The first-order valence-corrected chi connectivity index (χ1v) is 11.1. The van der Waals surface area contributed by atoms with Crippen LogP contribution in [0.2, 0.25) is 0 Å². The average Bonchev–Trinajstić information content (AvgIpc) is 2.68. The summed E-state index contributed by atoms with van der Waals surface area (Å²) in [4.78, 5) is 46.5. The molecule has 0 saturated carbocycles. The Morgan fingerprint density at radius 1 is 0.857 bits per heavy atom. The molecule has 0 aromatic carbocycles. The average molecular weight is 456 g/mol. The number of thioether (sulfide) groups is 1. The molecule has 28 heavy (non-hydrogen) atoms. The maximum Gasteiger partial charge on any atom is 0.306 e.